The number of nitro benzene ring substituents is 1. The molecule has 1 fully saturated rings. The lowest BCUT2D eigenvalue weighted by Crippen LogP contribution is -2.48. The van der Waals surface area contributed by atoms with Gasteiger partial charge in [-0.2, -0.15) is 0 Å². The summed E-state index contributed by atoms with van der Waals surface area (Å²) in [5.41, 5.74) is 3.21. The van der Waals surface area contributed by atoms with Crippen LogP contribution in [0.4, 0.5) is 22.7 Å². The van der Waals surface area contributed by atoms with Gasteiger partial charge in [-0.05, 0) is 36.8 Å². The Hall–Kier alpha value is -3.09. The monoisotopic (exact) mass is 354 g/mol. The summed E-state index contributed by atoms with van der Waals surface area (Å²) < 4.78 is 0. The van der Waals surface area contributed by atoms with Crippen molar-refractivity contribution < 1.29 is 9.72 Å². The van der Waals surface area contributed by atoms with Crippen molar-refractivity contribution in [2.24, 2.45) is 0 Å². The van der Waals surface area contributed by atoms with Crippen molar-refractivity contribution in [1.82, 2.24) is 4.90 Å². The molecule has 0 aromatic heterocycles. The summed E-state index contributed by atoms with van der Waals surface area (Å²) >= 11 is 0. The van der Waals surface area contributed by atoms with Crippen LogP contribution in [-0.4, -0.2) is 41.9 Å². The van der Waals surface area contributed by atoms with E-state index >= 15 is 0 Å². The molecule has 1 N–H and O–H groups in total. The second-order valence-electron chi connectivity index (χ2n) is 6.45. The van der Waals surface area contributed by atoms with Gasteiger partial charge >= 0.3 is 0 Å². The van der Waals surface area contributed by atoms with Crippen LogP contribution in [0.2, 0.25) is 0 Å². The Bertz CT molecular complexity index is 829. The van der Waals surface area contributed by atoms with Gasteiger partial charge in [-0.15, -0.1) is 0 Å². The average Bonchev–Trinajstić information content (AvgIpc) is 2.63. The summed E-state index contributed by atoms with van der Waals surface area (Å²) in [6.45, 7) is 6.38. The Kier molecular flexibility index (Phi) is 5.06. The van der Waals surface area contributed by atoms with Crippen molar-refractivity contribution in [2.75, 3.05) is 36.4 Å². The number of piperazine rings is 1. The highest BCUT2D eigenvalue weighted by Gasteiger charge is 2.19. The number of benzene rings is 2. The normalized spacial score (nSPS) is 14.2. The van der Waals surface area contributed by atoms with Crippen LogP contribution < -0.4 is 10.2 Å². The van der Waals surface area contributed by atoms with Gasteiger partial charge in [0.25, 0.3) is 5.69 Å². The SMILES string of the molecule is CC(=O)N1CCN(c2cccc(Nc3ccc(C)cc3[N+](=O)[O-])c2)CC1. The van der Waals surface area contributed by atoms with Crippen LogP contribution in [0.15, 0.2) is 42.5 Å². The van der Waals surface area contributed by atoms with E-state index in [1.165, 1.54) is 0 Å². The molecule has 0 radical (unpaired) electrons. The number of hydrogen-bond donors (Lipinski definition) is 1. The van der Waals surface area contributed by atoms with Gasteiger partial charge in [0.1, 0.15) is 5.69 Å². The Morgan fingerprint density at radius 3 is 2.50 bits per heavy atom. The van der Waals surface area contributed by atoms with E-state index < -0.39 is 0 Å². The third-order valence-electron chi connectivity index (χ3n) is 4.57. The molecule has 26 heavy (non-hydrogen) atoms. The minimum absolute atomic E-state index is 0.0606. The van der Waals surface area contributed by atoms with E-state index in [9.17, 15) is 14.9 Å². The maximum absolute atomic E-state index is 11.5. The predicted octanol–water partition coefficient (Wildman–Crippen LogP) is 3.32. The molecular weight excluding hydrogens is 332 g/mol. The number of nitrogens with zero attached hydrogens (tertiary/aromatic N) is 3. The molecule has 3 rings (SSSR count). The fourth-order valence-electron chi connectivity index (χ4n) is 3.11. The Morgan fingerprint density at radius 2 is 1.85 bits per heavy atom. The Labute approximate surface area is 152 Å². The van der Waals surface area contributed by atoms with Gasteiger partial charge in [-0.1, -0.05) is 12.1 Å². The molecule has 1 heterocycles. The van der Waals surface area contributed by atoms with E-state index in [2.05, 4.69) is 10.2 Å². The van der Waals surface area contributed by atoms with Crippen molar-refractivity contribution in [3.8, 4) is 0 Å². The summed E-state index contributed by atoms with van der Waals surface area (Å²) in [6.07, 6.45) is 0. The molecule has 136 valence electrons. The third-order valence-corrected chi connectivity index (χ3v) is 4.57. The van der Waals surface area contributed by atoms with Crippen molar-refractivity contribution >= 4 is 28.7 Å². The number of hydrogen-bond acceptors (Lipinski definition) is 5. The Morgan fingerprint density at radius 1 is 1.12 bits per heavy atom. The van der Waals surface area contributed by atoms with Gasteiger partial charge < -0.3 is 15.1 Å². The number of anilines is 3. The van der Waals surface area contributed by atoms with Gasteiger partial charge in [0.15, 0.2) is 0 Å². The van der Waals surface area contributed by atoms with Gasteiger partial charge in [0.05, 0.1) is 4.92 Å². The minimum Gasteiger partial charge on any atom is -0.368 e. The minimum atomic E-state index is -0.375. The smallest absolute Gasteiger partial charge is 0.292 e. The van der Waals surface area contributed by atoms with E-state index in [1.807, 2.05) is 42.2 Å². The van der Waals surface area contributed by atoms with Crippen molar-refractivity contribution in [3.63, 3.8) is 0 Å². The van der Waals surface area contributed by atoms with E-state index in [4.69, 9.17) is 0 Å². The fraction of sp³-hybridized carbons (Fsp3) is 0.316. The lowest BCUT2D eigenvalue weighted by atomic mass is 10.1. The average molecular weight is 354 g/mol. The highest BCUT2D eigenvalue weighted by atomic mass is 16.6. The topological polar surface area (TPSA) is 78.7 Å². The van der Waals surface area contributed by atoms with Crippen LogP contribution in [0.3, 0.4) is 0 Å². The van der Waals surface area contributed by atoms with E-state index in [1.54, 1.807) is 19.1 Å². The molecule has 0 saturated carbocycles. The van der Waals surface area contributed by atoms with Crippen LogP contribution in [0, 0.1) is 17.0 Å². The van der Waals surface area contributed by atoms with Crippen LogP contribution in [0.1, 0.15) is 12.5 Å². The van der Waals surface area contributed by atoms with Crippen LogP contribution in [0.5, 0.6) is 0 Å². The summed E-state index contributed by atoms with van der Waals surface area (Å²) in [7, 11) is 0. The molecule has 1 aliphatic rings. The van der Waals surface area contributed by atoms with Gasteiger partial charge in [-0.25, -0.2) is 0 Å². The third kappa shape index (κ3) is 3.93. The quantitative estimate of drug-likeness (QED) is 0.673. The zero-order valence-corrected chi connectivity index (χ0v) is 14.9. The standard InChI is InChI=1S/C19H22N4O3/c1-14-6-7-18(19(12-14)23(25)26)20-16-4-3-5-17(13-16)22-10-8-21(9-11-22)15(2)24/h3-7,12-13,20H,8-11H2,1-2H3. The van der Waals surface area contributed by atoms with Crippen molar-refractivity contribution in [3.05, 3.63) is 58.1 Å². The van der Waals surface area contributed by atoms with Crippen molar-refractivity contribution in [1.29, 1.82) is 0 Å². The lowest BCUT2D eigenvalue weighted by molar-refractivity contribution is -0.384. The second kappa shape index (κ2) is 7.43. The zero-order valence-electron chi connectivity index (χ0n) is 14.9. The molecule has 7 heteroatoms. The zero-order chi connectivity index (χ0) is 18.7. The first kappa shape index (κ1) is 17.7. The number of amides is 1. The molecule has 2 aromatic rings. The molecule has 0 aliphatic carbocycles. The highest BCUT2D eigenvalue weighted by molar-refractivity contribution is 5.74. The number of rotatable bonds is 4. The molecule has 0 bridgehead atoms. The summed E-state index contributed by atoms with van der Waals surface area (Å²) in [6, 6.07) is 12.9. The first-order valence-electron chi connectivity index (χ1n) is 8.56. The Balaban J connectivity index is 1.77. The summed E-state index contributed by atoms with van der Waals surface area (Å²) in [4.78, 5) is 26.4. The summed E-state index contributed by atoms with van der Waals surface area (Å²) in [5.74, 6) is 0.103. The molecule has 1 aliphatic heterocycles. The maximum atomic E-state index is 11.5. The molecule has 2 aromatic carbocycles. The van der Waals surface area contributed by atoms with E-state index in [0.29, 0.717) is 18.8 Å². The van der Waals surface area contributed by atoms with Gasteiger partial charge in [0, 0.05) is 50.5 Å². The molecular formula is C19H22N4O3. The lowest BCUT2D eigenvalue weighted by Gasteiger charge is -2.35. The van der Waals surface area contributed by atoms with E-state index in [0.717, 1.165) is 30.0 Å². The van der Waals surface area contributed by atoms with Crippen LogP contribution in [-0.2, 0) is 4.79 Å². The largest absolute Gasteiger partial charge is 0.368 e. The van der Waals surface area contributed by atoms with E-state index in [-0.39, 0.29) is 16.5 Å². The molecule has 0 atom stereocenters. The number of nitro groups is 1. The number of aryl methyl sites for hydroxylation is 1. The molecule has 7 nitrogen and oxygen atoms in total. The summed E-state index contributed by atoms with van der Waals surface area (Å²) in [5, 5.41) is 14.4. The molecule has 0 unspecified atom stereocenters. The maximum Gasteiger partial charge on any atom is 0.292 e. The molecule has 0 spiro atoms. The molecule has 1 saturated heterocycles. The number of carbonyl (C=O) groups excluding carboxylic acids is 1. The predicted molar refractivity (Wildman–Crippen MR) is 102 cm³/mol. The van der Waals surface area contributed by atoms with Gasteiger partial charge in [-0.3, -0.25) is 14.9 Å². The van der Waals surface area contributed by atoms with Crippen LogP contribution >= 0.6 is 0 Å². The molecule has 1 amide bonds. The fourth-order valence-corrected chi connectivity index (χ4v) is 3.11. The van der Waals surface area contributed by atoms with Crippen LogP contribution in [0.25, 0.3) is 0 Å². The highest BCUT2D eigenvalue weighted by Crippen LogP contribution is 2.30. The van der Waals surface area contributed by atoms with Gasteiger partial charge in [0.2, 0.25) is 5.91 Å². The number of carbonyl (C=O) groups is 1. The first-order valence-corrected chi connectivity index (χ1v) is 8.56. The second-order valence-corrected chi connectivity index (χ2v) is 6.45. The van der Waals surface area contributed by atoms with Crippen molar-refractivity contribution in [2.45, 2.75) is 13.8 Å². The number of nitrogens with one attached hydrogen (secondary N) is 1. The first-order chi connectivity index (χ1) is 12.4.